The maximum Gasteiger partial charge on any atom is 0.127 e. The van der Waals surface area contributed by atoms with Gasteiger partial charge in [0.05, 0.1) is 25.5 Å². The van der Waals surface area contributed by atoms with Gasteiger partial charge in [-0.1, -0.05) is 133 Å². The van der Waals surface area contributed by atoms with Crippen LogP contribution >= 0.6 is 14.5 Å². The van der Waals surface area contributed by atoms with E-state index in [0.717, 1.165) is 72.6 Å². The molecular formula is C62H62O2P2+2. The first-order chi connectivity index (χ1) is 32.7. The van der Waals surface area contributed by atoms with Crippen LogP contribution in [0.15, 0.2) is 244 Å². The highest BCUT2D eigenvalue weighted by molar-refractivity contribution is 7.96. The molecule has 0 aromatic heterocycles. The Hall–Kier alpha value is -6.30. The van der Waals surface area contributed by atoms with E-state index in [-0.39, 0.29) is 0 Å². The zero-order valence-corrected chi connectivity index (χ0v) is 39.9. The lowest BCUT2D eigenvalue weighted by Crippen LogP contribution is -2.33. The first kappa shape index (κ1) is 46.2. The van der Waals surface area contributed by atoms with E-state index < -0.39 is 14.5 Å². The summed E-state index contributed by atoms with van der Waals surface area (Å²) in [5.74, 6) is 1.82. The van der Waals surface area contributed by atoms with Crippen molar-refractivity contribution in [3.63, 3.8) is 0 Å². The molecule has 0 radical (unpaired) electrons. The molecule has 8 aromatic carbocycles. The molecule has 0 aliphatic heterocycles. The highest BCUT2D eigenvalue weighted by Gasteiger charge is 2.45. The number of rotatable bonds is 23. The summed E-state index contributed by atoms with van der Waals surface area (Å²) in [6.07, 6.45) is 11.6. The van der Waals surface area contributed by atoms with E-state index in [9.17, 15) is 0 Å². The Labute approximate surface area is 395 Å². The maximum absolute atomic E-state index is 6.74. The third-order valence-corrected chi connectivity index (χ3v) is 21.7. The number of benzene rings is 8. The molecule has 0 aliphatic carbocycles. The average Bonchev–Trinajstić information content (AvgIpc) is 3.39. The number of unbranched alkanes of at least 4 members (excludes halogenated alkanes) is 2. The van der Waals surface area contributed by atoms with Gasteiger partial charge in [0.1, 0.15) is 57.9 Å². The Morgan fingerprint density at radius 2 is 0.727 bits per heavy atom. The molecule has 0 N–H and O–H groups in total. The third-order valence-electron chi connectivity index (χ3n) is 12.6. The van der Waals surface area contributed by atoms with Gasteiger partial charge in [0, 0.05) is 5.56 Å². The number of hydrogen-bond donors (Lipinski definition) is 0. The quantitative estimate of drug-likeness (QED) is 0.0362. The monoisotopic (exact) mass is 900 g/mol. The SMILES string of the molecule is C=CCc1ccc(OCCCC[P+](c2ccccc2)(c2ccccc2)c2ccccc2)c(-c2ccc(OCCCC[P+](c3ccccc3)(c3ccccc3)c3ccccc3)c(CC=C)c2)c1. The van der Waals surface area contributed by atoms with Gasteiger partial charge in [0.2, 0.25) is 0 Å². The van der Waals surface area contributed by atoms with Crippen LogP contribution in [0.3, 0.4) is 0 Å². The van der Waals surface area contributed by atoms with Crippen LogP contribution in [0, 0.1) is 0 Å². The van der Waals surface area contributed by atoms with Gasteiger partial charge < -0.3 is 9.47 Å². The lowest BCUT2D eigenvalue weighted by molar-refractivity contribution is 0.307. The Balaban J connectivity index is 0.970. The van der Waals surface area contributed by atoms with E-state index in [1.54, 1.807) is 0 Å². The zero-order chi connectivity index (χ0) is 45.3. The molecule has 0 amide bonds. The van der Waals surface area contributed by atoms with Crippen molar-refractivity contribution in [2.24, 2.45) is 0 Å². The molecule has 0 atom stereocenters. The van der Waals surface area contributed by atoms with Crippen LogP contribution in [0.1, 0.15) is 36.8 Å². The fourth-order valence-electron chi connectivity index (χ4n) is 9.46. The number of hydrogen-bond acceptors (Lipinski definition) is 2. The highest BCUT2D eigenvalue weighted by atomic mass is 31.2. The topological polar surface area (TPSA) is 18.5 Å². The molecule has 8 rings (SSSR count). The van der Waals surface area contributed by atoms with Crippen molar-refractivity contribution in [3.8, 4) is 22.6 Å². The zero-order valence-electron chi connectivity index (χ0n) is 38.1. The summed E-state index contributed by atoms with van der Waals surface area (Å²) in [7, 11) is -3.78. The second kappa shape index (κ2) is 23.2. The van der Waals surface area contributed by atoms with E-state index in [0.29, 0.717) is 19.6 Å². The number of ether oxygens (including phenoxy) is 2. The van der Waals surface area contributed by atoms with Gasteiger partial charge in [0.15, 0.2) is 0 Å². The molecule has 2 nitrogen and oxygen atoms in total. The van der Waals surface area contributed by atoms with Crippen LogP contribution in [-0.2, 0) is 12.8 Å². The molecular weight excluding hydrogens is 839 g/mol. The minimum absolute atomic E-state index is 0.634. The molecule has 0 unspecified atom stereocenters. The fraction of sp³-hybridized carbons (Fsp3) is 0.161. The first-order valence-corrected chi connectivity index (χ1v) is 27.4. The van der Waals surface area contributed by atoms with E-state index in [1.165, 1.54) is 37.4 Å². The maximum atomic E-state index is 6.74. The average molecular weight is 901 g/mol. The first-order valence-electron chi connectivity index (χ1n) is 23.5. The highest BCUT2D eigenvalue weighted by Crippen LogP contribution is 2.57. The minimum atomic E-state index is -1.90. The summed E-state index contributed by atoms with van der Waals surface area (Å²) in [4.78, 5) is 0. The van der Waals surface area contributed by atoms with Crippen LogP contribution in [0.25, 0.3) is 11.1 Å². The Morgan fingerprint density at radius 3 is 1.11 bits per heavy atom. The molecule has 0 fully saturated rings. The predicted octanol–water partition coefficient (Wildman–Crippen LogP) is 13.1. The standard InChI is InChI=1S/C62H62O2P2/c1-3-27-51-41-43-62(64-46-24-26-48-66(57-35-17-8-18-36-57,58-37-19-9-20-38-58)59-39-21-10-22-40-59)60(49-51)52-42-44-61(53(50-52)28-4-2)63-45-23-25-47-65(54-29-11-5-12-30-54,55-31-13-6-14-32-55)56-33-15-7-16-34-56/h3-22,29-44,49-50H,1-2,23-28,45-48H2/q+2. The van der Waals surface area contributed by atoms with Crippen molar-refractivity contribution >= 4 is 46.4 Å². The molecule has 330 valence electrons. The molecule has 8 aromatic rings. The van der Waals surface area contributed by atoms with Gasteiger partial charge in [-0.2, -0.15) is 0 Å². The van der Waals surface area contributed by atoms with Crippen LogP contribution in [-0.4, -0.2) is 25.5 Å². The van der Waals surface area contributed by atoms with E-state index in [1.807, 2.05) is 12.2 Å². The van der Waals surface area contributed by atoms with Crippen molar-refractivity contribution in [3.05, 3.63) is 255 Å². The van der Waals surface area contributed by atoms with Gasteiger partial charge in [-0.25, -0.2) is 0 Å². The van der Waals surface area contributed by atoms with Crippen molar-refractivity contribution in [2.45, 2.75) is 38.5 Å². The summed E-state index contributed by atoms with van der Waals surface area (Å²) < 4.78 is 13.4. The molecule has 0 saturated heterocycles. The third kappa shape index (κ3) is 10.7. The molecule has 4 heteroatoms. The second-order valence-corrected chi connectivity index (χ2v) is 24.1. The smallest absolute Gasteiger partial charge is 0.127 e. The largest absolute Gasteiger partial charge is 0.493 e. The van der Waals surface area contributed by atoms with E-state index in [2.05, 4.69) is 232 Å². The number of allylic oxidation sites excluding steroid dienone is 2. The van der Waals surface area contributed by atoms with Gasteiger partial charge >= 0.3 is 0 Å². The van der Waals surface area contributed by atoms with Crippen LogP contribution in [0.5, 0.6) is 11.5 Å². The Kier molecular flexibility index (Phi) is 16.3. The van der Waals surface area contributed by atoms with Crippen molar-refractivity contribution in [2.75, 3.05) is 25.5 Å². The molecule has 0 spiro atoms. The molecule has 0 heterocycles. The Morgan fingerprint density at radius 1 is 0.364 bits per heavy atom. The lowest BCUT2D eigenvalue weighted by Gasteiger charge is -2.27. The van der Waals surface area contributed by atoms with Crippen LogP contribution < -0.4 is 41.3 Å². The predicted molar refractivity (Wildman–Crippen MR) is 289 cm³/mol. The molecule has 0 aliphatic rings. The summed E-state index contributed by atoms with van der Waals surface area (Å²) in [5.41, 5.74) is 4.55. The van der Waals surface area contributed by atoms with Gasteiger partial charge in [-0.05, 0) is 152 Å². The molecule has 0 bridgehead atoms. The van der Waals surface area contributed by atoms with E-state index in [4.69, 9.17) is 9.47 Å². The summed E-state index contributed by atoms with van der Waals surface area (Å²) >= 11 is 0. The lowest BCUT2D eigenvalue weighted by atomic mass is 9.97. The van der Waals surface area contributed by atoms with Crippen molar-refractivity contribution < 1.29 is 9.47 Å². The summed E-state index contributed by atoms with van der Waals surface area (Å²) in [5, 5.41) is 8.52. The van der Waals surface area contributed by atoms with Crippen molar-refractivity contribution in [1.29, 1.82) is 0 Å². The second-order valence-electron chi connectivity index (χ2n) is 16.8. The summed E-state index contributed by atoms with van der Waals surface area (Å²) in [6, 6.07) is 80.1. The van der Waals surface area contributed by atoms with Crippen LogP contribution in [0.4, 0.5) is 0 Å². The molecule has 66 heavy (non-hydrogen) atoms. The Bertz CT molecular complexity index is 2530. The van der Waals surface area contributed by atoms with Crippen molar-refractivity contribution in [1.82, 2.24) is 0 Å². The summed E-state index contributed by atoms with van der Waals surface area (Å²) in [6.45, 7) is 9.44. The van der Waals surface area contributed by atoms with Gasteiger partial charge in [-0.15, -0.1) is 13.2 Å². The normalized spacial score (nSPS) is 11.5. The molecule has 0 saturated carbocycles. The van der Waals surface area contributed by atoms with Gasteiger partial charge in [-0.3, -0.25) is 0 Å². The van der Waals surface area contributed by atoms with Gasteiger partial charge in [0.25, 0.3) is 0 Å². The minimum Gasteiger partial charge on any atom is -0.493 e. The van der Waals surface area contributed by atoms with Crippen LogP contribution in [0.2, 0.25) is 0 Å². The van der Waals surface area contributed by atoms with E-state index >= 15 is 0 Å². The fourth-order valence-corrected chi connectivity index (χ4v) is 18.3.